The highest BCUT2D eigenvalue weighted by Gasteiger charge is 2.59. The molecule has 4 bridgehead atoms. The number of halogens is 1. The predicted molar refractivity (Wildman–Crippen MR) is 85.0 cm³/mol. The number of hydrogen-bond acceptors (Lipinski definition) is 2. The van der Waals surface area contributed by atoms with Gasteiger partial charge in [-0.05, 0) is 77.4 Å². The van der Waals surface area contributed by atoms with Crippen molar-refractivity contribution in [3.63, 3.8) is 0 Å². The molecule has 0 saturated heterocycles. The standard InChI is InChI=1S/C16H27BrN2O/c1-19(2)5-3-4-18-14(20)15-7-12-6-13(8-15)10-16(17,9-12)11-15/h12-13H,3-11H2,1-2H3,(H,18,20). The van der Waals surface area contributed by atoms with Crippen LogP contribution >= 0.6 is 15.9 Å². The van der Waals surface area contributed by atoms with Gasteiger partial charge in [0.05, 0.1) is 5.41 Å². The maximum absolute atomic E-state index is 12.7. The molecule has 2 atom stereocenters. The van der Waals surface area contributed by atoms with Crippen LogP contribution in [0.4, 0.5) is 0 Å². The lowest BCUT2D eigenvalue weighted by molar-refractivity contribution is -0.144. The number of hydrogen-bond donors (Lipinski definition) is 1. The number of nitrogens with one attached hydrogen (secondary N) is 1. The van der Waals surface area contributed by atoms with Crippen molar-refractivity contribution in [2.24, 2.45) is 17.3 Å². The van der Waals surface area contributed by atoms with Crippen LogP contribution in [0.25, 0.3) is 0 Å². The molecule has 0 aromatic rings. The SMILES string of the molecule is CN(C)CCCNC(=O)C12CC3CC(CC(Br)(C3)C1)C2. The Morgan fingerprint density at radius 1 is 1.25 bits per heavy atom. The van der Waals surface area contributed by atoms with Crippen LogP contribution in [0.1, 0.15) is 44.9 Å². The number of rotatable bonds is 5. The van der Waals surface area contributed by atoms with E-state index in [0.717, 1.165) is 50.6 Å². The predicted octanol–water partition coefficient (Wildman–Crippen LogP) is 2.79. The average Bonchev–Trinajstić information content (AvgIpc) is 2.31. The van der Waals surface area contributed by atoms with E-state index in [9.17, 15) is 4.79 Å². The second-order valence-corrected chi connectivity index (χ2v) is 9.49. The Morgan fingerprint density at radius 3 is 2.45 bits per heavy atom. The summed E-state index contributed by atoms with van der Waals surface area (Å²) < 4.78 is 0.276. The molecule has 114 valence electrons. The molecule has 1 amide bonds. The Bertz CT molecular complexity index is 382. The highest BCUT2D eigenvalue weighted by Crippen LogP contribution is 2.64. The van der Waals surface area contributed by atoms with E-state index >= 15 is 0 Å². The summed E-state index contributed by atoms with van der Waals surface area (Å²) in [6.45, 7) is 1.87. The normalized spacial score (nSPS) is 42.2. The maximum Gasteiger partial charge on any atom is 0.226 e. The number of amides is 1. The van der Waals surface area contributed by atoms with E-state index < -0.39 is 0 Å². The molecule has 4 aliphatic rings. The van der Waals surface area contributed by atoms with E-state index in [1.807, 2.05) is 0 Å². The fraction of sp³-hybridized carbons (Fsp3) is 0.938. The molecule has 4 rings (SSSR count). The van der Waals surface area contributed by atoms with Crippen molar-refractivity contribution >= 4 is 21.8 Å². The third-order valence-corrected chi connectivity index (χ3v) is 6.47. The number of nitrogens with zero attached hydrogens (tertiary/aromatic N) is 1. The van der Waals surface area contributed by atoms with E-state index in [4.69, 9.17) is 0 Å². The van der Waals surface area contributed by atoms with Crippen LogP contribution in [0, 0.1) is 17.3 Å². The van der Waals surface area contributed by atoms with Crippen LogP contribution in [-0.2, 0) is 4.79 Å². The summed E-state index contributed by atoms with van der Waals surface area (Å²) >= 11 is 3.98. The summed E-state index contributed by atoms with van der Waals surface area (Å²) in [5.41, 5.74) is -0.0499. The average molecular weight is 343 g/mol. The first-order chi connectivity index (χ1) is 9.41. The monoisotopic (exact) mass is 342 g/mol. The molecule has 0 aliphatic heterocycles. The van der Waals surface area contributed by atoms with Gasteiger partial charge in [-0.2, -0.15) is 0 Å². The first kappa shape index (κ1) is 14.8. The van der Waals surface area contributed by atoms with E-state index in [1.54, 1.807) is 0 Å². The van der Waals surface area contributed by atoms with Crippen LogP contribution in [-0.4, -0.2) is 42.3 Å². The van der Waals surface area contributed by atoms with Gasteiger partial charge in [0.2, 0.25) is 5.91 Å². The van der Waals surface area contributed by atoms with Gasteiger partial charge < -0.3 is 10.2 Å². The second-order valence-electron chi connectivity index (χ2n) is 7.80. The molecule has 2 unspecified atom stereocenters. The fourth-order valence-electron chi connectivity index (χ4n) is 5.20. The van der Waals surface area contributed by atoms with Crippen molar-refractivity contribution in [1.29, 1.82) is 0 Å². The molecule has 0 heterocycles. The second kappa shape index (κ2) is 5.28. The molecule has 0 spiro atoms. The molecule has 0 radical (unpaired) electrons. The van der Waals surface area contributed by atoms with Crippen molar-refractivity contribution in [1.82, 2.24) is 10.2 Å². The van der Waals surface area contributed by atoms with Crippen molar-refractivity contribution in [2.45, 2.75) is 49.3 Å². The van der Waals surface area contributed by atoms with E-state index in [0.29, 0.717) is 5.91 Å². The highest BCUT2D eigenvalue weighted by molar-refractivity contribution is 9.10. The van der Waals surface area contributed by atoms with Crippen LogP contribution in [0.15, 0.2) is 0 Å². The zero-order valence-electron chi connectivity index (χ0n) is 12.8. The van der Waals surface area contributed by atoms with Crippen molar-refractivity contribution in [3.05, 3.63) is 0 Å². The summed E-state index contributed by atoms with van der Waals surface area (Å²) in [5.74, 6) is 1.90. The zero-order chi connectivity index (χ0) is 14.4. The summed E-state index contributed by atoms with van der Waals surface area (Å²) in [6, 6.07) is 0. The number of carbonyl (C=O) groups excluding carboxylic acids is 1. The van der Waals surface area contributed by atoms with Gasteiger partial charge in [0.25, 0.3) is 0 Å². The van der Waals surface area contributed by atoms with Gasteiger partial charge in [-0.25, -0.2) is 0 Å². The van der Waals surface area contributed by atoms with Gasteiger partial charge in [0, 0.05) is 10.9 Å². The lowest BCUT2D eigenvalue weighted by Gasteiger charge is -2.59. The van der Waals surface area contributed by atoms with Crippen molar-refractivity contribution in [3.8, 4) is 0 Å². The molecule has 0 aromatic heterocycles. The molecule has 0 aromatic carbocycles. The molecular formula is C16H27BrN2O. The minimum atomic E-state index is -0.0499. The van der Waals surface area contributed by atoms with Gasteiger partial charge in [-0.15, -0.1) is 0 Å². The van der Waals surface area contributed by atoms with Crippen LogP contribution in [0.5, 0.6) is 0 Å². The Kier molecular flexibility index (Phi) is 3.91. The molecule has 4 fully saturated rings. The number of carbonyl (C=O) groups is 1. The van der Waals surface area contributed by atoms with Gasteiger partial charge in [-0.3, -0.25) is 4.79 Å². The van der Waals surface area contributed by atoms with Gasteiger partial charge >= 0.3 is 0 Å². The van der Waals surface area contributed by atoms with Gasteiger partial charge in [0.1, 0.15) is 0 Å². The molecule has 1 N–H and O–H groups in total. The highest BCUT2D eigenvalue weighted by atomic mass is 79.9. The third-order valence-electron chi connectivity index (χ3n) is 5.54. The zero-order valence-corrected chi connectivity index (χ0v) is 14.3. The molecule has 4 aliphatic carbocycles. The summed E-state index contributed by atoms with van der Waals surface area (Å²) in [5, 5.41) is 3.23. The Morgan fingerprint density at radius 2 is 1.90 bits per heavy atom. The van der Waals surface area contributed by atoms with Gasteiger partial charge in [-0.1, -0.05) is 15.9 Å². The van der Waals surface area contributed by atoms with E-state index in [1.165, 1.54) is 19.3 Å². The molecule has 3 nitrogen and oxygen atoms in total. The first-order valence-electron chi connectivity index (χ1n) is 8.03. The smallest absolute Gasteiger partial charge is 0.226 e. The Labute approximate surface area is 131 Å². The lowest BCUT2D eigenvalue weighted by atomic mass is 9.49. The van der Waals surface area contributed by atoms with E-state index in [2.05, 4.69) is 40.2 Å². The first-order valence-corrected chi connectivity index (χ1v) is 8.82. The molecule has 4 saturated carbocycles. The third kappa shape index (κ3) is 2.78. The summed E-state index contributed by atoms with van der Waals surface area (Å²) in [7, 11) is 4.16. The summed E-state index contributed by atoms with van der Waals surface area (Å²) in [6.07, 6.45) is 8.32. The number of alkyl halides is 1. The van der Waals surface area contributed by atoms with Crippen LogP contribution in [0.2, 0.25) is 0 Å². The van der Waals surface area contributed by atoms with Crippen LogP contribution < -0.4 is 5.32 Å². The fourth-order valence-corrected chi connectivity index (χ4v) is 6.65. The van der Waals surface area contributed by atoms with Gasteiger partial charge in [0.15, 0.2) is 0 Å². The quantitative estimate of drug-likeness (QED) is 0.615. The Balaban J connectivity index is 1.60. The minimum absolute atomic E-state index is 0.0499. The molecule has 4 heteroatoms. The maximum atomic E-state index is 12.7. The lowest BCUT2D eigenvalue weighted by Crippen LogP contribution is -2.58. The van der Waals surface area contributed by atoms with Crippen molar-refractivity contribution in [2.75, 3.05) is 27.2 Å². The molecule has 20 heavy (non-hydrogen) atoms. The molecular weight excluding hydrogens is 316 g/mol. The largest absolute Gasteiger partial charge is 0.356 e. The van der Waals surface area contributed by atoms with Crippen molar-refractivity contribution < 1.29 is 4.79 Å². The van der Waals surface area contributed by atoms with E-state index in [-0.39, 0.29) is 9.74 Å². The van der Waals surface area contributed by atoms with Crippen LogP contribution in [0.3, 0.4) is 0 Å². The Hall–Kier alpha value is -0.0900. The topological polar surface area (TPSA) is 32.3 Å². The minimum Gasteiger partial charge on any atom is -0.356 e. The summed E-state index contributed by atoms with van der Waals surface area (Å²) in [4.78, 5) is 14.9.